The molecule has 0 saturated carbocycles. The summed E-state index contributed by atoms with van der Waals surface area (Å²) in [5.41, 5.74) is 0.504. The molecule has 1 unspecified atom stereocenters. The van der Waals surface area contributed by atoms with E-state index in [1.165, 1.54) is 0 Å². The lowest BCUT2D eigenvalue weighted by Crippen LogP contribution is -2.34. The van der Waals surface area contributed by atoms with Gasteiger partial charge in [0, 0.05) is 18.4 Å². The van der Waals surface area contributed by atoms with Crippen molar-refractivity contribution in [2.75, 3.05) is 26.9 Å². The lowest BCUT2D eigenvalue weighted by molar-refractivity contribution is -0.178. The van der Waals surface area contributed by atoms with Gasteiger partial charge in [0.15, 0.2) is 6.29 Å². The molecule has 0 aromatic heterocycles. The first kappa shape index (κ1) is 19.9. The van der Waals surface area contributed by atoms with E-state index in [2.05, 4.69) is 0 Å². The summed E-state index contributed by atoms with van der Waals surface area (Å²) >= 11 is 0. The first-order valence-corrected chi connectivity index (χ1v) is 8.98. The summed E-state index contributed by atoms with van der Waals surface area (Å²) < 4.78 is 22.1. The maximum atomic E-state index is 12.4. The van der Waals surface area contributed by atoms with Gasteiger partial charge in [-0.15, -0.1) is 0 Å². The van der Waals surface area contributed by atoms with Crippen molar-refractivity contribution < 1.29 is 23.7 Å². The Balaban J connectivity index is 1.67. The molecular formula is C20H30O5. The molecule has 1 heterocycles. The van der Waals surface area contributed by atoms with Gasteiger partial charge in [-0.05, 0) is 37.0 Å². The van der Waals surface area contributed by atoms with Crippen LogP contribution in [0.15, 0.2) is 24.3 Å². The molecule has 0 aliphatic carbocycles. The lowest BCUT2D eigenvalue weighted by atomic mass is 9.87. The summed E-state index contributed by atoms with van der Waals surface area (Å²) in [4.78, 5) is 12.4. The van der Waals surface area contributed by atoms with Crippen LogP contribution in [0, 0.1) is 5.41 Å². The molecule has 1 saturated heterocycles. The van der Waals surface area contributed by atoms with E-state index in [0.29, 0.717) is 26.2 Å². The van der Waals surface area contributed by atoms with Gasteiger partial charge in [0.05, 0.1) is 26.9 Å². The van der Waals surface area contributed by atoms with Crippen molar-refractivity contribution in [3.63, 3.8) is 0 Å². The first-order valence-electron chi connectivity index (χ1n) is 8.98. The van der Waals surface area contributed by atoms with Crippen LogP contribution < -0.4 is 4.74 Å². The zero-order valence-electron chi connectivity index (χ0n) is 15.6. The van der Waals surface area contributed by atoms with Crippen LogP contribution in [0.5, 0.6) is 5.75 Å². The van der Waals surface area contributed by atoms with Gasteiger partial charge in [0.2, 0.25) is 0 Å². The number of ketones is 1. The highest BCUT2D eigenvalue weighted by Crippen LogP contribution is 2.23. The van der Waals surface area contributed by atoms with Crippen molar-refractivity contribution >= 4 is 5.78 Å². The molecule has 1 aliphatic heterocycles. The second kappa shape index (κ2) is 9.90. The number of hydrogen-bond donors (Lipinski definition) is 0. The zero-order chi connectivity index (χ0) is 18.1. The Morgan fingerprint density at radius 1 is 1.32 bits per heavy atom. The molecule has 140 valence electrons. The lowest BCUT2D eigenvalue weighted by Gasteiger charge is -2.28. The summed E-state index contributed by atoms with van der Waals surface area (Å²) in [6.07, 6.45) is 3.34. The van der Waals surface area contributed by atoms with E-state index >= 15 is 0 Å². The Bertz CT molecular complexity index is 535. The topological polar surface area (TPSA) is 54.0 Å². The van der Waals surface area contributed by atoms with E-state index in [1.807, 2.05) is 38.1 Å². The normalized spacial score (nSPS) is 18.1. The molecule has 1 aliphatic rings. The molecule has 1 aromatic carbocycles. The fourth-order valence-corrected chi connectivity index (χ4v) is 2.68. The maximum Gasteiger partial charge on any atom is 0.157 e. The second-order valence-electron chi connectivity index (χ2n) is 7.07. The van der Waals surface area contributed by atoms with E-state index in [-0.39, 0.29) is 12.1 Å². The van der Waals surface area contributed by atoms with Crippen molar-refractivity contribution in [3.05, 3.63) is 29.8 Å². The number of methoxy groups -OCH3 is 1. The molecule has 5 nitrogen and oxygen atoms in total. The Kier molecular flexibility index (Phi) is 7.88. The fourth-order valence-electron chi connectivity index (χ4n) is 2.68. The van der Waals surface area contributed by atoms with Crippen molar-refractivity contribution in [3.8, 4) is 5.75 Å². The highest BCUT2D eigenvalue weighted by Gasteiger charge is 2.29. The molecule has 0 bridgehead atoms. The van der Waals surface area contributed by atoms with Gasteiger partial charge in [-0.3, -0.25) is 4.79 Å². The van der Waals surface area contributed by atoms with Gasteiger partial charge in [-0.25, -0.2) is 0 Å². The van der Waals surface area contributed by atoms with Crippen molar-refractivity contribution in [1.82, 2.24) is 0 Å². The number of carbonyl (C=O) groups excluding carboxylic acids is 1. The average molecular weight is 350 g/mol. The second-order valence-corrected chi connectivity index (χ2v) is 7.07. The minimum absolute atomic E-state index is 0.147. The Labute approximate surface area is 150 Å². The molecule has 25 heavy (non-hydrogen) atoms. The van der Waals surface area contributed by atoms with Crippen LogP contribution in [0.2, 0.25) is 0 Å². The van der Waals surface area contributed by atoms with Crippen LogP contribution >= 0.6 is 0 Å². The molecule has 0 amide bonds. The number of ether oxygens (including phenoxy) is 4. The number of carbonyl (C=O) groups is 1. The average Bonchev–Trinajstić information content (AvgIpc) is 2.64. The van der Waals surface area contributed by atoms with Crippen LogP contribution in [0.25, 0.3) is 0 Å². The third kappa shape index (κ3) is 6.77. The van der Waals surface area contributed by atoms with Gasteiger partial charge in [-0.2, -0.15) is 0 Å². The molecule has 1 atom stereocenters. The van der Waals surface area contributed by atoms with Crippen LogP contribution in [-0.4, -0.2) is 39.0 Å². The highest BCUT2D eigenvalue weighted by atomic mass is 16.7. The molecule has 1 fully saturated rings. The SMILES string of the molecule is COc1cccc(COCCC(=O)C(C)(C)COC2CCCCO2)c1. The predicted molar refractivity (Wildman–Crippen MR) is 95.6 cm³/mol. The van der Waals surface area contributed by atoms with E-state index < -0.39 is 5.41 Å². The largest absolute Gasteiger partial charge is 0.497 e. The van der Waals surface area contributed by atoms with Gasteiger partial charge < -0.3 is 18.9 Å². The minimum Gasteiger partial charge on any atom is -0.497 e. The zero-order valence-corrected chi connectivity index (χ0v) is 15.6. The maximum absolute atomic E-state index is 12.4. The Morgan fingerprint density at radius 3 is 2.88 bits per heavy atom. The number of Topliss-reactive ketones (excluding diaryl/α,β-unsaturated/α-hetero) is 1. The third-order valence-corrected chi connectivity index (χ3v) is 4.40. The standard InChI is InChI=1S/C20H30O5/c1-20(2,15-25-19-9-4-5-11-24-19)18(21)10-12-23-14-16-7-6-8-17(13-16)22-3/h6-8,13,19H,4-5,9-12,14-15H2,1-3H3. The Hall–Kier alpha value is -1.43. The van der Waals surface area contributed by atoms with Gasteiger partial charge in [-0.1, -0.05) is 26.0 Å². The van der Waals surface area contributed by atoms with Crippen LogP contribution in [0.3, 0.4) is 0 Å². The number of rotatable bonds is 10. The van der Waals surface area contributed by atoms with Crippen LogP contribution in [-0.2, 0) is 25.6 Å². The quantitative estimate of drug-likeness (QED) is 0.602. The molecule has 1 aromatic rings. The molecule has 0 radical (unpaired) electrons. The van der Waals surface area contributed by atoms with Gasteiger partial charge in [0.25, 0.3) is 0 Å². The fraction of sp³-hybridized carbons (Fsp3) is 0.650. The van der Waals surface area contributed by atoms with Crippen LogP contribution in [0.1, 0.15) is 45.1 Å². The predicted octanol–water partition coefficient (Wildman–Crippen LogP) is 3.74. The van der Waals surface area contributed by atoms with E-state index in [0.717, 1.165) is 37.2 Å². The molecule has 2 rings (SSSR count). The van der Waals surface area contributed by atoms with E-state index in [4.69, 9.17) is 18.9 Å². The van der Waals surface area contributed by atoms with E-state index in [1.54, 1.807) is 7.11 Å². The van der Waals surface area contributed by atoms with Crippen molar-refractivity contribution in [2.24, 2.45) is 5.41 Å². The number of hydrogen-bond acceptors (Lipinski definition) is 5. The van der Waals surface area contributed by atoms with E-state index in [9.17, 15) is 4.79 Å². The highest BCUT2D eigenvalue weighted by molar-refractivity contribution is 5.84. The van der Waals surface area contributed by atoms with Crippen molar-refractivity contribution in [2.45, 2.75) is 52.4 Å². The summed E-state index contributed by atoms with van der Waals surface area (Å²) in [6.45, 7) is 5.83. The molecular weight excluding hydrogens is 320 g/mol. The third-order valence-electron chi connectivity index (χ3n) is 4.40. The molecule has 5 heteroatoms. The van der Waals surface area contributed by atoms with Crippen LogP contribution in [0.4, 0.5) is 0 Å². The van der Waals surface area contributed by atoms with Gasteiger partial charge >= 0.3 is 0 Å². The summed E-state index contributed by atoms with van der Waals surface area (Å²) in [7, 11) is 1.64. The molecule has 0 spiro atoms. The molecule has 0 N–H and O–H groups in total. The summed E-state index contributed by atoms with van der Waals surface area (Å²) in [6, 6.07) is 7.73. The summed E-state index contributed by atoms with van der Waals surface area (Å²) in [5, 5.41) is 0. The minimum atomic E-state index is -0.528. The monoisotopic (exact) mass is 350 g/mol. The first-order chi connectivity index (χ1) is 12.0. The number of benzene rings is 1. The Morgan fingerprint density at radius 2 is 2.16 bits per heavy atom. The van der Waals surface area contributed by atoms with Gasteiger partial charge in [0.1, 0.15) is 11.5 Å². The summed E-state index contributed by atoms with van der Waals surface area (Å²) in [5.74, 6) is 0.953. The smallest absolute Gasteiger partial charge is 0.157 e. The van der Waals surface area contributed by atoms with Crippen molar-refractivity contribution in [1.29, 1.82) is 0 Å².